The van der Waals surface area contributed by atoms with Gasteiger partial charge in [0, 0.05) is 30.4 Å². The summed E-state index contributed by atoms with van der Waals surface area (Å²) < 4.78 is 17.7. The molecule has 0 unspecified atom stereocenters. The second kappa shape index (κ2) is 9.38. The van der Waals surface area contributed by atoms with Crippen molar-refractivity contribution in [2.75, 3.05) is 20.5 Å². The van der Waals surface area contributed by atoms with Crippen molar-refractivity contribution in [3.63, 3.8) is 0 Å². The van der Waals surface area contributed by atoms with Gasteiger partial charge in [0.2, 0.25) is 0 Å². The summed E-state index contributed by atoms with van der Waals surface area (Å²) in [6.07, 6.45) is 1.79. The van der Waals surface area contributed by atoms with Crippen LogP contribution in [0.15, 0.2) is 72.9 Å². The number of benzene rings is 3. The van der Waals surface area contributed by atoms with Gasteiger partial charge in [-0.05, 0) is 42.3 Å². The fourth-order valence-electron chi connectivity index (χ4n) is 3.62. The molecule has 0 N–H and O–H groups in total. The van der Waals surface area contributed by atoms with Crippen LogP contribution in [0.1, 0.15) is 22.8 Å². The average molecular weight is 426 g/mol. The van der Waals surface area contributed by atoms with Crippen molar-refractivity contribution in [2.24, 2.45) is 0 Å². The number of nitrogens with zero attached hydrogens (tertiary/aromatic N) is 2. The summed E-state index contributed by atoms with van der Waals surface area (Å²) >= 11 is 0. The Labute approximate surface area is 186 Å². The Morgan fingerprint density at radius 1 is 1.03 bits per heavy atom. The normalized spacial score (nSPS) is 10.7. The number of nitriles is 1. The molecule has 1 heterocycles. The molecular weight excluding hydrogens is 404 g/mol. The SMILES string of the molecule is CCOC(=O)c1ccc(-n2cc(C#N)c3cc(-c4ccccc4)ccc32)cc1OCOC. The molecule has 0 saturated heterocycles. The van der Waals surface area contributed by atoms with Crippen molar-refractivity contribution < 1.29 is 19.0 Å². The molecule has 0 saturated carbocycles. The topological polar surface area (TPSA) is 73.5 Å². The maximum atomic E-state index is 12.3. The van der Waals surface area contributed by atoms with Crippen molar-refractivity contribution in [3.05, 3.63) is 84.1 Å². The van der Waals surface area contributed by atoms with E-state index in [2.05, 4.69) is 6.07 Å². The van der Waals surface area contributed by atoms with E-state index in [1.54, 1.807) is 31.3 Å². The van der Waals surface area contributed by atoms with Crippen LogP contribution in [0.4, 0.5) is 0 Å². The fraction of sp³-hybridized carbons (Fsp3) is 0.154. The largest absolute Gasteiger partial charge is 0.467 e. The predicted octanol–water partition coefficient (Wildman–Crippen LogP) is 5.33. The summed E-state index contributed by atoms with van der Waals surface area (Å²) in [7, 11) is 1.51. The average Bonchev–Trinajstić information content (AvgIpc) is 3.21. The van der Waals surface area contributed by atoms with Crippen LogP contribution < -0.4 is 4.74 Å². The van der Waals surface area contributed by atoms with E-state index in [0.717, 1.165) is 27.7 Å². The van der Waals surface area contributed by atoms with Crippen LogP contribution in [0.3, 0.4) is 0 Å². The highest BCUT2D eigenvalue weighted by molar-refractivity contribution is 5.94. The van der Waals surface area contributed by atoms with Crippen LogP contribution in [0, 0.1) is 11.3 Å². The first-order valence-corrected chi connectivity index (χ1v) is 10.2. The van der Waals surface area contributed by atoms with E-state index in [0.29, 0.717) is 16.9 Å². The first kappa shape index (κ1) is 21.2. The minimum Gasteiger partial charge on any atom is -0.467 e. The molecule has 0 amide bonds. The molecule has 0 radical (unpaired) electrons. The zero-order chi connectivity index (χ0) is 22.5. The fourth-order valence-corrected chi connectivity index (χ4v) is 3.62. The molecule has 0 fully saturated rings. The third kappa shape index (κ3) is 4.07. The van der Waals surface area contributed by atoms with Crippen molar-refractivity contribution in [1.29, 1.82) is 5.26 Å². The second-order valence-electron chi connectivity index (χ2n) is 7.07. The van der Waals surface area contributed by atoms with E-state index >= 15 is 0 Å². The lowest BCUT2D eigenvalue weighted by Gasteiger charge is -2.13. The first-order valence-electron chi connectivity index (χ1n) is 10.2. The summed E-state index contributed by atoms with van der Waals surface area (Å²) in [6, 6.07) is 23.6. The minimum atomic E-state index is -0.465. The summed E-state index contributed by atoms with van der Waals surface area (Å²) in [4.78, 5) is 12.3. The van der Waals surface area contributed by atoms with Crippen molar-refractivity contribution in [2.45, 2.75) is 6.92 Å². The van der Waals surface area contributed by atoms with Crippen LogP contribution in [0.5, 0.6) is 5.75 Å². The molecule has 0 atom stereocenters. The highest BCUT2D eigenvalue weighted by Gasteiger charge is 2.17. The lowest BCUT2D eigenvalue weighted by molar-refractivity contribution is 0.0438. The minimum absolute atomic E-state index is 0.00777. The molecule has 0 spiro atoms. The van der Waals surface area contributed by atoms with Gasteiger partial charge in [0.25, 0.3) is 0 Å². The highest BCUT2D eigenvalue weighted by Crippen LogP contribution is 2.31. The summed E-state index contributed by atoms with van der Waals surface area (Å²) in [5, 5.41) is 10.6. The summed E-state index contributed by atoms with van der Waals surface area (Å²) in [5.41, 5.74) is 4.63. The van der Waals surface area contributed by atoms with Crippen LogP contribution in [0.2, 0.25) is 0 Å². The second-order valence-corrected chi connectivity index (χ2v) is 7.07. The number of carbonyl (C=O) groups is 1. The molecule has 3 aromatic carbocycles. The number of rotatable bonds is 7. The first-order chi connectivity index (χ1) is 15.7. The highest BCUT2D eigenvalue weighted by atomic mass is 16.7. The van der Waals surface area contributed by atoms with Crippen LogP contribution in [0.25, 0.3) is 27.7 Å². The number of methoxy groups -OCH3 is 1. The Bertz CT molecular complexity index is 1300. The Hall–Kier alpha value is -4.08. The number of fused-ring (bicyclic) bond motifs is 1. The maximum Gasteiger partial charge on any atom is 0.341 e. The molecule has 0 aliphatic heterocycles. The molecule has 0 bridgehead atoms. The Kier molecular flexibility index (Phi) is 6.20. The number of hydrogen-bond acceptors (Lipinski definition) is 5. The monoisotopic (exact) mass is 426 g/mol. The smallest absolute Gasteiger partial charge is 0.341 e. The lowest BCUT2D eigenvalue weighted by atomic mass is 10.0. The molecular formula is C26H22N2O4. The van der Waals surface area contributed by atoms with Gasteiger partial charge in [0.15, 0.2) is 6.79 Å². The van der Waals surface area contributed by atoms with Crippen LogP contribution >= 0.6 is 0 Å². The number of carbonyl (C=O) groups excluding carboxylic acids is 1. The molecule has 1 aromatic heterocycles. The van der Waals surface area contributed by atoms with Crippen molar-refractivity contribution in [3.8, 4) is 28.6 Å². The maximum absolute atomic E-state index is 12.3. The third-order valence-electron chi connectivity index (χ3n) is 5.10. The van der Waals surface area contributed by atoms with Gasteiger partial charge in [-0.15, -0.1) is 0 Å². The van der Waals surface area contributed by atoms with Gasteiger partial charge in [0.05, 0.1) is 17.7 Å². The molecule has 0 aliphatic carbocycles. The quantitative estimate of drug-likeness (QED) is 0.295. The van der Waals surface area contributed by atoms with E-state index in [1.807, 2.05) is 53.1 Å². The zero-order valence-electron chi connectivity index (χ0n) is 17.9. The molecule has 4 aromatic rings. The van der Waals surface area contributed by atoms with Crippen molar-refractivity contribution >= 4 is 16.9 Å². The van der Waals surface area contributed by atoms with Crippen molar-refractivity contribution in [1.82, 2.24) is 4.57 Å². The van der Waals surface area contributed by atoms with Gasteiger partial charge < -0.3 is 18.8 Å². The van der Waals surface area contributed by atoms with Crippen LogP contribution in [-0.4, -0.2) is 31.0 Å². The van der Waals surface area contributed by atoms with Gasteiger partial charge in [-0.1, -0.05) is 36.4 Å². The molecule has 4 rings (SSSR count). The van der Waals surface area contributed by atoms with Gasteiger partial charge in [0.1, 0.15) is 17.4 Å². The van der Waals surface area contributed by atoms with Gasteiger partial charge in [-0.3, -0.25) is 0 Å². The molecule has 6 heteroatoms. The predicted molar refractivity (Wildman–Crippen MR) is 122 cm³/mol. The number of aromatic nitrogens is 1. The van der Waals surface area contributed by atoms with Gasteiger partial charge in [-0.2, -0.15) is 5.26 Å². The van der Waals surface area contributed by atoms with Gasteiger partial charge in [-0.25, -0.2) is 4.79 Å². The third-order valence-corrected chi connectivity index (χ3v) is 5.10. The van der Waals surface area contributed by atoms with E-state index < -0.39 is 5.97 Å². The van der Waals surface area contributed by atoms with Crippen LogP contribution in [-0.2, 0) is 9.47 Å². The van der Waals surface area contributed by atoms with E-state index in [-0.39, 0.29) is 13.4 Å². The molecule has 6 nitrogen and oxygen atoms in total. The van der Waals surface area contributed by atoms with E-state index in [1.165, 1.54) is 7.11 Å². The number of hydrogen-bond donors (Lipinski definition) is 0. The molecule has 32 heavy (non-hydrogen) atoms. The summed E-state index contributed by atoms with van der Waals surface area (Å²) in [5.74, 6) is -0.114. The Balaban J connectivity index is 1.82. The number of esters is 1. The Morgan fingerprint density at radius 3 is 2.56 bits per heavy atom. The molecule has 160 valence electrons. The van der Waals surface area contributed by atoms with Gasteiger partial charge >= 0.3 is 5.97 Å². The van der Waals surface area contributed by atoms with E-state index in [4.69, 9.17) is 14.2 Å². The molecule has 0 aliphatic rings. The lowest BCUT2D eigenvalue weighted by Crippen LogP contribution is -2.10. The summed E-state index contributed by atoms with van der Waals surface area (Å²) in [6.45, 7) is 2.01. The standard InChI is InChI=1S/C26H22N2O4/c1-3-31-26(29)22-11-10-21(14-25(22)32-17-30-2)28-16-20(15-27)23-13-19(9-12-24(23)28)18-7-5-4-6-8-18/h4-14,16H,3,17H2,1-2H3. The zero-order valence-corrected chi connectivity index (χ0v) is 17.9. The Morgan fingerprint density at radius 2 is 1.84 bits per heavy atom. The van der Waals surface area contributed by atoms with E-state index in [9.17, 15) is 10.1 Å². The number of ether oxygens (including phenoxy) is 3.